The summed E-state index contributed by atoms with van der Waals surface area (Å²) in [5.74, 6) is 0.405. The third-order valence-corrected chi connectivity index (χ3v) is 2.22. The predicted octanol–water partition coefficient (Wildman–Crippen LogP) is 1.13. The van der Waals surface area contributed by atoms with Crippen LogP contribution in [0.5, 0.6) is 5.88 Å². The van der Waals surface area contributed by atoms with Crippen LogP contribution in [0.2, 0.25) is 0 Å². The van der Waals surface area contributed by atoms with Crippen LogP contribution in [0.15, 0.2) is 30.7 Å². The summed E-state index contributed by atoms with van der Waals surface area (Å²) < 4.78 is 5.54. The fourth-order valence-electron chi connectivity index (χ4n) is 1.43. The van der Waals surface area contributed by atoms with Crippen LogP contribution in [0.25, 0.3) is 11.2 Å². The summed E-state index contributed by atoms with van der Waals surface area (Å²) >= 11 is 0. The quantitative estimate of drug-likeness (QED) is 0.724. The Kier molecular flexibility index (Phi) is 2.38. The Balaban J connectivity index is 1.84. The van der Waals surface area contributed by atoms with Gasteiger partial charge in [-0.25, -0.2) is 9.97 Å². The van der Waals surface area contributed by atoms with Gasteiger partial charge in [0.25, 0.3) is 0 Å². The van der Waals surface area contributed by atoms with E-state index in [0.717, 1.165) is 5.69 Å². The molecule has 0 spiro atoms. The molecule has 3 rings (SSSR count). The molecule has 0 bridgehead atoms. The highest BCUT2D eigenvalue weighted by atomic mass is 16.5. The van der Waals surface area contributed by atoms with E-state index in [-0.39, 0.29) is 0 Å². The van der Waals surface area contributed by atoms with Crippen molar-refractivity contribution in [3.63, 3.8) is 0 Å². The van der Waals surface area contributed by atoms with Crippen molar-refractivity contribution in [2.24, 2.45) is 0 Å². The summed E-state index contributed by atoms with van der Waals surface area (Å²) in [5, 5.41) is 0. The van der Waals surface area contributed by atoms with Crippen molar-refractivity contribution < 1.29 is 4.74 Å². The van der Waals surface area contributed by atoms with Gasteiger partial charge in [-0.3, -0.25) is 4.98 Å². The van der Waals surface area contributed by atoms with Crippen LogP contribution in [0.4, 0.5) is 0 Å². The van der Waals surface area contributed by atoms with Crippen molar-refractivity contribution in [2.75, 3.05) is 0 Å². The highest BCUT2D eigenvalue weighted by Crippen LogP contribution is 2.17. The van der Waals surface area contributed by atoms with Crippen LogP contribution >= 0.6 is 0 Å². The van der Waals surface area contributed by atoms with Crippen molar-refractivity contribution >= 4 is 11.2 Å². The summed E-state index contributed by atoms with van der Waals surface area (Å²) in [5.41, 5.74) is 2.03. The second kappa shape index (κ2) is 4.17. The minimum Gasteiger partial charge on any atom is -0.469 e. The third kappa shape index (κ3) is 1.92. The zero-order valence-corrected chi connectivity index (χ0v) is 8.79. The SMILES string of the molecule is [c]1nc(OCc2ccccn2)c2nc[nH]c2n1. The lowest BCUT2D eigenvalue weighted by Crippen LogP contribution is -2.00. The van der Waals surface area contributed by atoms with Gasteiger partial charge >= 0.3 is 0 Å². The van der Waals surface area contributed by atoms with Crippen molar-refractivity contribution in [3.05, 3.63) is 42.7 Å². The summed E-state index contributed by atoms with van der Waals surface area (Å²) in [6.45, 7) is 0.341. The Labute approximate surface area is 96.7 Å². The molecule has 1 N–H and O–H groups in total. The first-order valence-electron chi connectivity index (χ1n) is 5.03. The lowest BCUT2D eigenvalue weighted by atomic mass is 10.4. The van der Waals surface area contributed by atoms with E-state index in [9.17, 15) is 0 Å². The molecule has 0 saturated heterocycles. The number of aromatic nitrogens is 5. The molecule has 0 aliphatic rings. The van der Waals surface area contributed by atoms with Crippen molar-refractivity contribution in [2.45, 2.75) is 6.61 Å². The van der Waals surface area contributed by atoms with E-state index in [1.54, 1.807) is 12.5 Å². The standard InChI is InChI=1S/C11H8N5O/c1-2-4-12-8(3-1)5-17-11-9-10(14-6-13-9)15-7-16-11/h1-4,6H,5H2,(H,13,14,15,16). The summed E-state index contributed by atoms with van der Waals surface area (Å²) in [4.78, 5) is 18.9. The monoisotopic (exact) mass is 226 g/mol. The highest BCUT2D eigenvalue weighted by Gasteiger charge is 2.07. The fourth-order valence-corrected chi connectivity index (χ4v) is 1.43. The van der Waals surface area contributed by atoms with Gasteiger partial charge in [0.2, 0.25) is 12.2 Å². The molecule has 0 aliphatic heterocycles. The number of H-pyrrole nitrogens is 1. The van der Waals surface area contributed by atoms with Gasteiger partial charge in [-0.1, -0.05) is 6.07 Å². The van der Waals surface area contributed by atoms with Crippen LogP contribution in [0.1, 0.15) is 5.69 Å². The Morgan fingerprint density at radius 2 is 2.24 bits per heavy atom. The van der Waals surface area contributed by atoms with Gasteiger partial charge in [0.05, 0.1) is 12.0 Å². The van der Waals surface area contributed by atoms with Gasteiger partial charge in [-0.15, -0.1) is 0 Å². The van der Waals surface area contributed by atoms with E-state index < -0.39 is 0 Å². The number of rotatable bonds is 3. The molecule has 6 heteroatoms. The smallest absolute Gasteiger partial charge is 0.246 e. The van der Waals surface area contributed by atoms with E-state index in [1.807, 2.05) is 18.2 Å². The molecular weight excluding hydrogens is 218 g/mol. The second-order valence-electron chi connectivity index (χ2n) is 3.34. The molecule has 0 aromatic carbocycles. The molecule has 1 radical (unpaired) electrons. The van der Waals surface area contributed by atoms with E-state index in [1.165, 1.54) is 0 Å². The van der Waals surface area contributed by atoms with Gasteiger partial charge < -0.3 is 9.72 Å². The lowest BCUT2D eigenvalue weighted by molar-refractivity contribution is 0.292. The molecule has 0 aliphatic carbocycles. The number of hydrogen-bond acceptors (Lipinski definition) is 5. The first-order valence-corrected chi connectivity index (χ1v) is 5.03. The molecule has 3 aromatic rings. The van der Waals surface area contributed by atoms with Crippen LogP contribution in [0.3, 0.4) is 0 Å². The molecule has 0 saturated carbocycles. The molecule has 0 fully saturated rings. The molecule has 3 aromatic heterocycles. The number of nitrogens with zero attached hydrogens (tertiary/aromatic N) is 4. The van der Waals surface area contributed by atoms with E-state index in [4.69, 9.17) is 4.74 Å². The van der Waals surface area contributed by atoms with Crippen LogP contribution in [-0.4, -0.2) is 24.9 Å². The van der Waals surface area contributed by atoms with Gasteiger partial charge in [0.1, 0.15) is 6.61 Å². The molecule has 83 valence electrons. The van der Waals surface area contributed by atoms with E-state index in [2.05, 4.69) is 31.2 Å². The zero-order chi connectivity index (χ0) is 11.5. The second-order valence-corrected chi connectivity index (χ2v) is 3.34. The van der Waals surface area contributed by atoms with Gasteiger partial charge in [0.15, 0.2) is 11.2 Å². The Bertz CT molecular complexity index is 622. The van der Waals surface area contributed by atoms with Gasteiger partial charge in [-0.2, -0.15) is 4.98 Å². The number of imidazole rings is 1. The maximum absolute atomic E-state index is 5.54. The maximum Gasteiger partial charge on any atom is 0.246 e. The number of fused-ring (bicyclic) bond motifs is 1. The van der Waals surface area contributed by atoms with Crippen LogP contribution in [-0.2, 0) is 6.61 Å². The number of ether oxygens (including phenoxy) is 1. The topological polar surface area (TPSA) is 76.6 Å². The average molecular weight is 226 g/mol. The van der Waals surface area contributed by atoms with Crippen molar-refractivity contribution in [1.29, 1.82) is 0 Å². The molecule has 3 heterocycles. The predicted molar refractivity (Wildman–Crippen MR) is 59.1 cm³/mol. The maximum atomic E-state index is 5.54. The summed E-state index contributed by atoms with van der Waals surface area (Å²) in [6.07, 6.45) is 5.77. The molecule has 17 heavy (non-hydrogen) atoms. The first kappa shape index (κ1) is 9.71. The number of nitrogens with one attached hydrogen (secondary N) is 1. The summed E-state index contributed by atoms with van der Waals surface area (Å²) in [6, 6.07) is 5.64. The van der Waals surface area contributed by atoms with Crippen LogP contribution < -0.4 is 4.74 Å². The number of aromatic amines is 1. The normalized spacial score (nSPS) is 10.6. The number of hydrogen-bond donors (Lipinski definition) is 1. The molecule has 6 nitrogen and oxygen atoms in total. The lowest BCUT2D eigenvalue weighted by Gasteiger charge is -2.03. The highest BCUT2D eigenvalue weighted by molar-refractivity contribution is 5.74. The molecule has 0 atom stereocenters. The minimum atomic E-state index is 0.341. The summed E-state index contributed by atoms with van der Waals surface area (Å²) in [7, 11) is 0. The molecule has 0 unspecified atom stereocenters. The third-order valence-electron chi connectivity index (χ3n) is 2.22. The Morgan fingerprint density at radius 3 is 3.12 bits per heavy atom. The first-order chi connectivity index (χ1) is 8.43. The van der Waals surface area contributed by atoms with Gasteiger partial charge in [0, 0.05) is 6.20 Å². The molecular formula is C11H8N5O. The van der Waals surface area contributed by atoms with E-state index in [0.29, 0.717) is 23.7 Å². The van der Waals surface area contributed by atoms with Gasteiger partial charge in [-0.05, 0) is 12.1 Å². The number of pyridine rings is 1. The largest absolute Gasteiger partial charge is 0.469 e. The zero-order valence-electron chi connectivity index (χ0n) is 8.79. The average Bonchev–Trinajstić information content (AvgIpc) is 2.86. The van der Waals surface area contributed by atoms with Crippen LogP contribution in [0, 0.1) is 6.33 Å². The van der Waals surface area contributed by atoms with Crippen molar-refractivity contribution in [1.82, 2.24) is 24.9 Å². The Morgan fingerprint density at radius 1 is 1.24 bits per heavy atom. The van der Waals surface area contributed by atoms with Crippen molar-refractivity contribution in [3.8, 4) is 5.88 Å². The molecule has 0 amide bonds. The van der Waals surface area contributed by atoms with E-state index >= 15 is 0 Å². The Hall–Kier alpha value is -2.50. The fraction of sp³-hybridized carbons (Fsp3) is 0.0909. The minimum absolute atomic E-state index is 0.341.